The fourth-order valence-corrected chi connectivity index (χ4v) is 1.42. The smallest absolute Gasteiger partial charge is 0.319 e. The molecule has 0 spiro atoms. The Labute approximate surface area is 106 Å². The molecule has 0 aliphatic carbocycles. The van der Waals surface area contributed by atoms with Crippen LogP contribution in [0, 0.1) is 5.92 Å². The van der Waals surface area contributed by atoms with Gasteiger partial charge in [-0.2, -0.15) is 8.78 Å². The minimum atomic E-state index is -2.54. The predicted molar refractivity (Wildman–Crippen MR) is 65.5 cm³/mol. The Kier molecular flexibility index (Phi) is 6.82. The minimum Gasteiger partial charge on any atom is -0.380 e. The fourth-order valence-electron chi connectivity index (χ4n) is 1.42. The van der Waals surface area contributed by atoms with Gasteiger partial charge in [0.05, 0.1) is 13.2 Å². The van der Waals surface area contributed by atoms with Crippen molar-refractivity contribution in [1.29, 1.82) is 0 Å². The zero-order chi connectivity index (χ0) is 13.4. The molecule has 0 aliphatic heterocycles. The van der Waals surface area contributed by atoms with Gasteiger partial charge in [0.25, 0.3) is 0 Å². The number of nitrogens with one attached hydrogen (secondary N) is 1. The summed E-state index contributed by atoms with van der Waals surface area (Å²) in [6, 6.07) is 0. The average Bonchev–Trinajstić information content (AvgIpc) is 2.75. The van der Waals surface area contributed by atoms with E-state index in [9.17, 15) is 8.78 Å². The van der Waals surface area contributed by atoms with Gasteiger partial charge in [0.1, 0.15) is 5.82 Å². The lowest BCUT2D eigenvalue weighted by atomic mass is 10.1. The second-order valence-corrected chi connectivity index (χ2v) is 4.50. The van der Waals surface area contributed by atoms with Crippen molar-refractivity contribution in [2.45, 2.75) is 33.4 Å². The molecule has 0 unspecified atom stereocenters. The van der Waals surface area contributed by atoms with E-state index in [4.69, 9.17) is 4.74 Å². The third kappa shape index (κ3) is 5.55. The molecule has 1 heterocycles. The quantitative estimate of drug-likeness (QED) is 0.694. The molecule has 0 amide bonds. The molecular weight excluding hydrogens is 240 g/mol. The minimum absolute atomic E-state index is 0.324. The number of hydrogen-bond donors (Lipinski definition) is 1. The second kappa shape index (κ2) is 8.16. The molecule has 1 rings (SSSR count). The standard InChI is InChI=1S/C12H21F2N3O/c1-10(2)3-7-18-8-5-15-9-11-16-4-6-17(11)12(13)14/h4,6,10,12,15H,3,5,7-9H2,1-2H3. The van der Waals surface area contributed by atoms with Crippen molar-refractivity contribution in [3.8, 4) is 0 Å². The van der Waals surface area contributed by atoms with E-state index < -0.39 is 6.55 Å². The molecule has 0 radical (unpaired) electrons. The summed E-state index contributed by atoms with van der Waals surface area (Å²) in [6.45, 7) is 4.04. The molecule has 6 heteroatoms. The Bertz CT molecular complexity index is 329. The summed E-state index contributed by atoms with van der Waals surface area (Å²) in [5, 5.41) is 3.03. The molecule has 0 saturated carbocycles. The zero-order valence-electron chi connectivity index (χ0n) is 10.9. The number of halogens is 2. The van der Waals surface area contributed by atoms with Crippen LogP contribution in [0.5, 0.6) is 0 Å². The molecule has 0 bridgehead atoms. The van der Waals surface area contributed by atoms with Gasteiger partial charge < -0.3 is 10.1 Å². The van der Waals surface area contributed by atoms with Crippen LogP contribution in [0.25, 0.3) is 0 Å². The van der Waals surface area contributed by atoms with E-state index in [1.165, 1.54) is 12.4 Å². The van der Waals surface area contributed by atoms with Gasteiger partial charge >= 0.3 is 6.55 Å². The Balaban J connectivity index is 2.09. The average molecular weight is 261 g/mol. The Morgan fingerprint density at radius 1 is 1.39 bits per heavy atom. The predicted octanol–water partition coefficient (Wildman–Crippen LogP) is 2.43. The largest absolute Gasteiger partial charge is 0.380 e. The van der Waals surface area contributed by atoms with Gasteiger partial charge in [-0.25, -0.2) is 4.98 Å². The van der Waals surface area contributed by atoms with Gasteiger partial charge in [0, 0.05) is 25.5 Å². The van der Waals surface area contributed by atoms with Gasteiger partial charge in [-0.15, -0.1) is 0 Å². The Hall–Kier alpha value is -1.01. The summed E-state index contributed by atoms with van der Waals surface area (Å²) < 4.78 is 31.2. The first-order chi connectivity index (χ1) is 8.61. The van der Waals surface area contributed by atoms with Crippen LogP contribution in [-0.4, -0.2) is 29.3 Å². The topological polar surface area (TPSA) is 39.1 Å². The number of aromatic nitrogens is 2. The van der Waals surface area contributed by atoms with Gasteiger partial charge in [0.2, 0.25) is 0 Å². The highest BCUT2D eigenvalue weighted by atomic mass is 19.3. The van der Waals surface area contributed by atoms with Crippen molar-refractivity contribution >= 4 is 0 Å². The van der Waals surface area contributed by atoms with Gasteiger partial charge in [-0.1, -0.05) is 13.8 Å². The Morgan fingerprint density at radius 3 is 2.83 bits per heavy atom. The van der Waals surface area contributed by atoms with E-state index in [-0.39, 0.29) is 0 Å². The molecule has 1 N–H and O–H groups in total. The number of rotatable bonds is 9. The van der Waals surface area contributed by atoms with E-state index in [1.54, 1.807) is 0 Å². The maximum atomic E-state index is 12.5. The van der Waals surface area contributed by atoms with Gasteiger partial charge in [-0.05, 0) is 12.3 Å². The van der Waals surface area contributed by atoms with Crippen LogP contribution in [0.4, 0.5) is 8.78 Å². The van der Waals surface area contributed by atoms with Crippen molar-refractivity contribution in [1.82, 2.24) is 14.9 Å². The van der Waals surface area contributed by atoms with E-state index in [0.29, 0.717) is 31.4 Å². The summed E-state index contributed by atoms with van der Waals surface area (Å²) >= 11 is 0. The summed E-state index contributed by atoms with van der Waals surface area (Å²) in [5.74, 6) is 0.976. The summed E-state index contributed by atoms with van der Waals surface area (Å²) in [5.41, 5.74) is 0. The number of alkyl halides is 2. The van der Waals surface area contributed by atoms with Crippen LogP contribution in [-0.2, 0) is 11.3 Å². The van der Waals surface area contributed by atoms with E-state index in [0.717, 1.165) is 17.6 Å². The second-order valence-electron chi connectivity index (χ2n) is 4.50. The van der Waals surface area contributed by atoms with E-state index in [1.807, 2.05) is 0 Å². The first-order valence-electron chi connectivity index (χ1n) is 6.19. The Morgan fingerprint density at radius 2 is 2.17 bits per heavy atom. The van der Waals surface area contributed by atoms with Crippen LogP contribution >= 0.6 is 0 Å². The number of nitrogens with zero attached hydrogens (tertiary/aromatic N) is 2. The molecule has 0 aromatic carbocycles. The maximum absolute atomic E-state index is 12.5. The van der Waals surface area contributed by atoms with Crippen molar-refractivity contribution in [3.05, 3.63) is 18.2 Å². The molecule has 0 aliphatic rings. The highest BCUT2D eigenvalue weighted by Crippen LogP contribution is 2.11. The van der Waals surface area contributed by atoms with Gasteiger partial charge in [-0.3, -0.25) is 4.57 Å². The molecule has 0 fully saturated rings. The highest BCUT2D eigenvalue weighted by Gasteiger charge is 2.10. The molecular formula is C12H21F2N3O. The van der Waals surface area contributed by atoms with Crippen LogP contribution < -0.4 is 5.32 Å². The van der Waals surface area contributed by atoms with E-state index in [2.05, 4.69) is 24.1 Å². The summed E-state index contributed by atoms with van der Waals surface area (Å²) in [6.07, 6.45) is 3.69. The molecule has 0 saturated heterocycles. The van der Waals surface area contributed by atoms with Crippen molar-refractivity contribution < 1.29 is 13.5 Å². The molecule has 18 heavy (non-hydrogen) atoms. The van der Waals surface area contributed by atoms with Gasteiger partial charge in [0.15, 0.2) is 0 Å². The van der Waals surface area contributed by atoms with Crippen molar-refractivity contribution in [2.75, 3.05) is 19.8 Å². The normalized spacial score (nSPS) is 11.7. The lowest BCUT2D eigenvalue weighted by Crippen LogP contribution is -2.22. The first-order valence-corrected chi connectivity index (χ1v) is 6.19. The summed E-state index contributed by atoms with van der Waals surface area (Å²) in [7, 11) is 0. The fraction of sp³-hybridized carbons (Fsp3) is 0.750. The van der Waals surface area contributed by atoms with Crippen LogP contribution in [0.2, 0.25) is 0 Å². The third-order valence-electron chi connectivity index (χ3n) is 2.50. The van der Waals surface area contributed by atoms with Crippen LogP contribution in [0.1, 0.15) is 32.6 Å². The SMILES string of the molecule is CC(C)CCOCCNCc1nccn1C(F)F. The molecule has 4 nitrogen and oxygen atoms in total. The van der Waals surface area contributed by atoms with Crippen LogP contribution in [0.15, 0.2) is 12.4 Å². The molecule has 0 atom stereocenters. The monoisotopic (exact) mass is 261 g/mol. The number of hydrogen-bond acceptors (Lipinski definition) is 3. The molecule has 1 aromatic heterocycles. The zero-order valence-corrected chi connectivity index (χ0v) is 10.9. The lowest BCUT2D eigenvalue weighted by Gasteiger charge is -2.09. The van der Waals surface area contributed by atoms with E-state index >= 15 is 0 Å². The highest BCUT2D eigenvalue weighted by molar-refractivity contribution is 4.92. The van der Waals surface area contributed by atoms with Crippen molar-refractivity contribution in [2.24, 2.45) is 5.92 Å². The first kappa shape index (κ1) is 15.0. The molecule has 1 aromatic rings. The molecule has 104 valence electrons. The summed E-state index contributed by atoms with van der Waals surface area (Å²) in [4.78, 5) is 3.87. The maximum Gasteiger partial charge on any atom is 0.319 e. The number of imidazole rings is 1. The van der Waals surface area contributed by atoms with Crippen LogP contribution in [0.3, 0.4) is 0 Å². The lowest BCUT2D eigenvalue weighted by molar-refractivity contribution is 0.0664. The van der Waals surface area contributed by atoms with Crippen molar-refractivity contribution in [3.63, 3.8) is 0 Å². The third-order valence-corrected chi connectivity index (χ3v) is 2.50. The number of ether oxygens (including phenoxy) is 1.